The minimum Gasteiger partial charge on any atom is -0.466 e. The number of esters is 1. The molecule has 7 nitrogen and oxygen atoms in total. The first kappa shape index (κ1) is 22.8. The largest absolute Gasteiger partial charge is 0.466 e. The Hall–Kier alpha value is -3.62. The number of fused-ring (bicyclic) bond motifs is 6. The molecular formula is C27H21ClN2O5S. The fraction of sp³-hybridized carbons (Fsp3) is 0.222. The van der Waals surface area contributed by atoms with Crippen LogP contribution < -0.4 is 19.6 Å². The summed E-state index contributed by atoms with van der Waals surface area (Å²) in [6, 6.07) is 17.8. The predicted octanol–water partition coefficient (Wildman–Crippen LogP) is 4.16. The Bertz CT molecular complexity index is 1690. The van der Waals surface area contributed by atoms with E-state index in [0.29, 0.717) is 31.6 Å². The highest BCUT2D eigenvalue weighted by Gasteiger charge is 2.55. The standard InChI is InChI=1S/C27H21ClN2O5S/c1-3-33-25(32)22-23-18-9-4-5-10-20(18)35-27(22,2)29-26-30(23)24(31)21(36-26)14-17-11-12-19(34-17)15-7-6-8-16(28)13-15/h4-14,22-23H,3H2,1-2H3/b21-14+/t22-,23+,27-/m0/s1. The molecule has 182 valence electrons. The summed E-state index contributed by atoms with van der Waals surface area (Å²) in [5, 5.41) is 0.610. The zero-order chi connectivity index (χ0) is 25.0. The minimum absolute atomic E-state index is 0.220. The van der Waals surface area contributed by atoms with Gasteiger partial charge in [0.2, 0.25) is 5.72 Å². The Morgan fingerprint density at radius 2 is 2.06 bits per heavy atom. The number of rotatable bonds is 4. The topological polar surface area (TPSA) is 83.0 Å². The number of hydrogen-bond acceptors (Lipinski definition) is 7. The van der Waals surface area contributed by atoms with E-state index in [0.717, 1.165) is 11.1 Å². The second-order valence-corrected chi connectivity index (χ2v) is 10.2. The molecule has 0 amide bonds. The van der Waals surface area contributed by atoms with Crippen molar-refractivity contribution >= 4 is 35.0 Å². The lowest BCUT2D eigenvalue weighted by atomic mass is 9.81. The maximum Gasteiger partial charge on any atom is 0.317 e. The van der Waals surface area contributed by atoms with Crippen LogP contribution in [0.5, 0.6) is 5.75 Å². The van der Waals surface area contributed by atoms with Crippen LogP contribution in [0.3, 0.4) is 0 Å². The third-order valence-electron chi connectivity index (χ3n) is 6.43. The van der Waals surface area contributed by atoms with E-state index >= 15 is 0 Å². The molecule has 3 atom stereocenters. The van der Waals surface area contributed by atoms with E-state index < -0.39 is 23.7 Å². The molecule has 0 aliphatic carbocycles. The van der Waals surface area contributed by atoms with Crippen molar-refractivity contribution in [1.82, 2.24) is 4.57 Å². The Labute approximate surface area is 214 Å². The smallest absolute Gasteiger partial charge is 0.317 e. The van der Waals surface area contributed by atoms with Gasteiger partial charge in [0.25, 0.3) is 5.56 Å². The molecule has 2 aromatic carbocycles. The van der Waals surface area contributed by atoms with Crippen LogP contribution in [-0.4, -0.2) is 22.9 Å². The van der Waals surface area contributed by atoms with E-state index in [4.69, 9.17) is 30.5 Å². The van der Waals surface area contributed by atoms with Gasteiger partial charge in [-0.2, -0.15) is 0 Å². The number of benzene rings is 2. The van der Waals surface area contributed by atoms with Crippen molar-refractivity contribution in [2.75, 3.05) is 6.61 Å². The Balaban J connectivity index is 1.50. The van der Waals surface area contributed by atoms with Gasteiger partial charge in [0, 0.05) is 22.2 Å². The lowest BCUT2D eigenvalue weighted by Crippen LogP contribution is -2.58. The Kier molecular flexibility index (Phi) is 5.39. The molecule has 2 aliphatic heterocycles. The zero-order valence-corrected chi connectivity index (χ0v) is 21.0. The van der Waals surface area contributed by atoms with Crippen LogP contribution in [0.4, 0.5) is 0 Å². The summed E-state index contributed by atoms with van der Waals surface area (Å²) < 4.78 is 19.6. The molecule has 0 fully saturated rings. The van der Waals surface area contributed by atoms with Gasteiger partial charge < -0.3 is 13.9 Å². The van der Waals surface area contributed by atoms with Gasteiger partial charge in [0.15, 0.2) is 4.80 Å². The van der Waals surface area contributed by atoms with Crippen LogP contribution >= 0.6 is 22.9 Å². The molecule has 2 bridgehead atoms. The second-order valence-electron chi connectivity index (χ2n) is 8.76. The third kappa shape index (κ3) is 3.60. The van der Waals surface area contributed by atoms with Crippen molar-refractivity contribution in [3.05, 3.63) is 96.7 Å². The van der Waals surface area contributed by atoms with Gasteiger partial charge in [-0.15, -0.1) is 0 Å². The first-order valence-corrected chi connectivity index (χ1v) is 12.7. The molecule has 6 rings (SSSR count). The first-order chi connectivity index (χ1) is 17.4. The molecule has 2 aliphatic rings. The van der Waals surface area contributed by atoms with E-state index in [1.54, 1.807) is 36.6 Å². The summed E-state index contributed by atoms with van der Waals surface area (Å²) in [6.45, 7) is 3.73. The molecule has 0 spiro atoms. The van der Waals surface area contributed by atoms with Gasteiger partial charge in [-0.1, -0.05) is 53.3 Å². The van der Waals surface area contributed by atoms with Crippen LogP contribution in [0.2, 0.25) is 5.02 Å². The van der Waals surface area contributed by atoms with Gasteiger partial charge in [0.1, 0.15) is 23.2 Å². The zero-order valence-electron chi connectivity index (χ0n) is 19.4. The fourth-order valence-corrected chi connectivity index (χ4v) is 6.16. The summed E-state index contributed by atoms with van der Waals surface area (Å²) in [6.07, 6.45) is 1.69. The average molecular weight is 521 g/mol. The summed E-state index contributed by atoms with van der Waals surface area (Å²) in [4.78, 5) is 32.1. The number of carbonyl (C=O) groups excluding carboxylic acids is 1. The summed E-state index contributed by atoms with van der Waals surface area (Å²) >= 11 is 7.35. The number of nitrogens with zero attached hydrogens (tertiary/aromatic N) is 2. The molecule has 0 saturated heterocycles. The quantitative estimate of drug-likeness (QED) is 0.377. The summed E-state index contributed by atoms with van der Waals surface area (Å²) in [5.74, 6) is 0.505. The third-order valence-corrected chi connectivity index (χ3v) is 7.65. The van der Waals surface area contributed by atoms with Gasteiger partial charge in [0.05, 0.1) is 17.2 Å². The van der Waals surface area contributed by atoms with Crippen molar-refractivity contribution < 1.29 is 18.7 Å². The lowest BCUT2D eigenvalue weighted by molar-refractivity contribution is -0.160. The van der Waals surface area contributed by atoms with Crippen LogP contribution in [0.15, 0.2) is 74.9 Å². The number of carbonyl (C=O) groups is 1. The monoisotopic (exact) mass is 520 g/mol. The fourth-order valence-electron chi connectivity index (χ4n) is 4.89. The average Bonchev–Trinajstić information content (AvgIpc) is 3.43. The van der Waals surface area contributed by atoms with Crippen LogP contribution in [-0.2, 0) is 9.53 Å². The van der Waals surface area contributed by atoms with E-state index in [1.165, 1.54) is 11.3 Å². The number of furan rings is 1. The molecule has 9 heteroatoms. The van der Waals surface area contributed by atoms with Crippen molar-refractivity contribution in [1.29, 1.82) is 0 Å². The molecule has 0 N–H and O–H groups in total. The van der Waals surface area contributed by atoms with E-state index in [-0.39, 0.29) is 12.2 Å². The van der Waals surface area contributed by atoms with Crippen LogP contribution in [0, 0.1) is 5.92 Å². The van der Waals surface area contributed by atoms with Gasteiger partial charge >= 0.3 is 5.97 Å². The maximum absolute atomic E-state index is 13.7. The second kappa shape index (κ2) is 8.50. The number of para-hydroxylation sites is 1. The van der Waals surface area contributed by atoms with E-state index in [1.807, 2.05) is 48.5 Å². The molecule has 4 heterocycles. The lowest BCUT2D eigenvalue weighted by Gasteiger charge is -2.44. The molecule has 0 radical (unpaired) electrons. The van der Waals surface area contributed by atoms with Crippen molar-refractivity contribution in [3.63, 3.8) is 0 Å². The normalized spacial score (nSPS) is 22.2. The highest BCUT2D eigenvalue weighted by atomic mass is 35.5. The maximum atomic E-state index is 13.7. The molecule has 4 aromatic rings. The Morgan fingerprint density at radius 3 is 2.86 bits per heavy atom. The molecule has 0 saturated carbocycles. The summed E-state index contributed by atoms with van der Waals surface area (Å²) in [7, 11) is 0. The highest BCUT2D eigenvalue weighted by Crippen LogP contribution is 2.47. The Morgan fingerprint density at radius 1 is 1.22 bits per heavy atom. The number of hydrogen-bond donors (Lipinski definition) is 0. The van der Waals surface area contributed by atoms with Gasteiger partial charge in [-0.3, -0.25) is 14.2 Å². The molecule has 36 heavy (non-hydrogen) atoms. The SMILES string of the molecule is CCOC(=O)[C@@H]1[C@H]2c3ccccc3O[C@]1(C)N=c1s/c(=C/c3ccc(-c4cccc(Cl)c4)o3)c(=O)n12. The van der Waals surface area contributed by atoms with Crippen molar-refractivity contribution in [2.24, 2.45) is 10.9 Å². The van der Waals surface area contributed by atoms with Gasteiger partial charge in [-0.05, 0) is 44.2 Å². The summed E-state index contributed by atoms with van der Waals surface area (Å²) in [5.41, 5.74) is 0.131. The number of aromatic nitrogens is 1. The van der Waals surface area contributed by atoms with Crippen molar-refractivity contribution in [3.8, 4) is 17.1 Å². The first-order valence-electron chi connectivity index (χ1n) is 11.5. The van der Waals surface area contributed by atoms with Crippen LogP contribution in [0.1, 0.15) is 31.2 Å². The van der Waals surface area contributed by atoms with Crippen LogP contribution in [0.25, 0.3) is 17.4 Å². The van der Waals surface area contributed by atoms with E-state index in [9.17, 15) is 9.59 Å². The molecular weight excluding hydrogens is 500 g/mol. The molecule has 0 unspecified atom stereocenters. The van der Waals surface area contributed by atoms with Gasteiger partial charge in [-0.25, -0.2) is 4.99 Å². The number of halogens is 1. The van der Waals surface area contributed by atoms with Crippen molar-refractivity contribution in [2.45, 2.75) is 25.6 Å². The highest BCUT2D eigenvalue weighted by molar-refractivity contribution is 7.07. The minimum atomic E-state index is -1.20. The number of ether oxygens (including phenoxy) is 2. The van der Waals surface area contributed by atoms with E-state index in [2.05, 4.69) is 0 Å². The predicted molar refractivity (Wildman–Crippen MR) is 136 cm³/mol. The molecule has 2 aromatic heterocycles. The number of thiazole rings is 1.